The fourth-order valence-corrected chi connectivity index (χ4v) is 4.38. The molecule has 1 N–H and O–H groups in total. The maximum atomic E-state index is 13.6. The number of carbonyl (C=O) groups excluding carboxylic acids is 2. The van der Waals surface area contributed by atoms with Crippen LogP contribution in [0.5, 0.6) is 5.75 Å². The number of halogens is 2. The molecule has 0 fully saturated rings. The molecule has 0 radical (unpaired) electrons. The predicted molar refractivity (Wildman–Crippen MR) is 145 cm³/mol. The van der Waals surface area contributed by atoms with E-state index in [0.717, 1.165) is 11.3 Å². The Kier molecular flexibility index (Phi) is 10.6. The summed E-state index contributed by atoms with van der Waals surface area (Å²) in [5.74, 6) is 0.372. The van der Waals surface area contributed by atoms with Gasteiger partial charge in [0.05, 0.1) is 6.61 Å². The van der Waals surface area contributed by atoms with Crippen molar-refractivity contribution in [1.82, 2.24) is 10.2 Å². The van der Waals surface area contributed by atoms with E-state index in [1.165, 1.54) is 0 Å². The van der Waals surface area contributed by atoms with Gasteiger partial charge in [0.15, 0.2) is 0 Å². The molecular weight excluding hydrogens is 495 g/mol. The van der Waals surface area contributed by atoms with E-state index in [0.29, 0.717) is 35.1 Å². The molecule has 0 aromatic heterocycles. The largest absolute Gasteiger partial charge is 0.494 e. The van der Waals surface area contributed by atoms with E-state index in [9.17, 15) is 9.59 Å². The lowest BCUT2D eigenvalue weighted by Gasteiger charge is -2.32. The fraction of sp³-hybridized carbons (Fsp3) is 0.310. The van der Waals surface area contributed by atoms with Crippen LogP contribution >= 0.6 is 23.2 Å². The first-order valence-electron chi connectivity index (χ1n) is 12.1. The molecule has 0 aliphatic carbocycles. The molecule has 5 nitrogen and oxygen atoms in total. The summed E-state index contributed by atoms with van der Waals surface area (Å²) in [7, 11) is 0. The van der Waals surface area contributed by atoms with Crippen molar-refractivity contribution >= 4 is 35.0 Å². The second kappa shape index (κ2) is 13.9. The van der Waals surface area contributed by atoms with Gasteiger partial charge in [-0.25, -0.2) is 0 Å². The summed E-state index contributed by atoms with van der Waals surface area (Å²) in [5, 5.41) is 3.89. The molecule has 1 atom stereocenters. The van der Waals surface area contributed by atoms with Crippen LogP contribution in [0.3, 0.4) is 0 Å². The van der Waals surface area contributed by atoms with Crippen molar-refractivity contribution in [3.05, 3.63) is 100 Å². The van der Waals surface area contributed by atoms with Crippen LogP contribution in [0.25, 0.3) is 0 Å². The van der Waals surface area contributed by atoms with Gasteiger partial charge in [0.1, 0.15) is 11.8 Å². The average Bonchev–Trinajstić information content (AvgIpc) is 2.86. The molecule has 0 spiro atoms. The number of nitrogens with zero attached hydrogens (tertiary/aromatic N) is 1. The van der Waals surface area contributed by atoms with Gasteiger partial charge in [-0.3, -0.25) is 9.59 Å². The number of hydrogen-bond acceptors (Lipinski definition) is 3. The van der Waals surface area contributed by atoms with E-state index in [1.54, 1.807) is 23.1 Å². The Bertz CT molecular complexity index is 1100. The Balaban J connectivity index is 1.84. The fourth-order valence-electron chi connectivity index (χ4n) is 3.86. The number of nitrogens with one attached hydrogen (secondary N) is 1. The number of ether oxygens (including phenoxy) is 1. The Morgan fingerprint density at radius 1 is 0.889 bits per heavy atom. The normalized spacial score (nSPS) is 11.7. The lowest BCUT2D eigenvalue weighted by molar-refractivity contribution is -0.141. The molecule has 0 saturated carbocycles. The van der Waals surface area contributed by atoms with Gasteiger partial charge in [-0.15, -0.1) is 0 Å². The average molecular weight is 527 g/mol. The van der Waals surface area contributed by atoms with Gasteiger partial charge in [-0.1, -0.05) is 77.8 Å². The summed E-state index contributed by atoms with van der Waals surface area (Å²) in [6.07, 6.45) is 1.09. The van der Waals surface area contributed by atoms with Crippen molar-refractivity contribution < 1.29 is 14.3 Å². The molecule has 3 aromatic carbocycles. The number of amides is 2. The Hall–Kier alpha value is -3.02. The second-order valence-electron chi connectivity index (χ2n) is 8.86. The Morgan fingerprint density at radius 3 is 2.11 bits per heavy atom. The van der Waals surface area contributed by atoms with E-state index >= 15 is 0 Å². The van der Waals surface area contributed by atoms with Crippen molar-refractivity contribution in [1.29, 1.82) is 0 Å². The number of para-hydroxylation sites is 1. The zero-order valence-electron chi connectivity index (χ0n) is 20.6. The monoisotopic (exact) mass is 526 g/mol. The smallest absolute Gasteiger partial charge is 0.243 e. The molecule has 0 heterocycles. The van der Waals surface area contributed by atoms with Crippen LogP contribution in [0.1, 0.15) is 37.8 Å². The number of rotatable bonds is 12. The van der Waals surface area contributed by atoms with Crippen molar-refractivity contribution in [3.8, 4) is 5.75 Å². The van der Waals surface area contributed by atoms with Crippen LogP contribution in [0, 0.1) is 0 Å². The minimum absolute atomic E-state index is 0.0732. The van der Waals surface area contributed by atoms with Crippen LogP contribution in [0.2, 0.25) is 10.0 Å². The third-order valence-corrected chi connectivity index (χ3v) is 6.35. The highest BCUT2D eigenvalue weighted by Gasteiger charge is 2.31. The highest BCUT2D eigenvalue weighted by atomic mass is 35.5. The van der Waals surface area contributed by atoms with Gasteiger partial charge < -0.3 is 15.0 Å². The molecule has 2 amide bonds. The molecule has 3 aromatic rings. The topological polar surface area (TPSA) is 58.6 Å². The van der Waals surface area contributed by atoms with E-state index in [1.807, 2.05) is 74.5 Å². The predicted octanol–water partition coefficient (Wildman–Crippen LogP) is 6.32. The molecule has 36 heavy (non-hydrogen) atoms. The summed E-state index contributed by atoms with van der Waals surface area (Å²) in [4.78, 5) is 28.6. The molecule has 0 saturated heterocycles. The summed E-state index contributed by atoms with van der Waals surface area (Å²) in [6.45, 7) is 4.31. The SMILES string of the molecule is CC(C)NC(=O)[C@@H](Cc1ccccc1)N(Cc1c(Cl)cccc1Cl)C(=O)CCCOc1ccccc1. The zero-order chi connectivity index (χ0) is 25.9. The molecule has 0 unspecified atom stereocenters. The van der Waals surface area contributed by atoms with Crippen molar-refractivity contribution in [2.75, 3.05) is 6.61 Å². The van der Waals surface area contributed by atoms with E-state index in [-0.39, 0.29) is 30.8 Å². The second-order valence-corrected chi connectivity index (χ2v) is 9.67. The number of carbonyl (C=O) groups is 2. The standard InChI is InChI=1S/C29H32Cl2N2O3/c1-21(2)32-29(35)27(19-22-11-5-3-6-12-22)33(20-24-25(30)15-9-16-26(24)31)28(34)17-10-18-36-23-13-7-4-8-14-23/h3-9,11-16,21,27H,10,17-20H2,1-2H3,(H,32,35)/t27-/m1/s1. The highest BCUT2D eigenvalue weighted by Crippen LogP contribution is 2.27. The minimum Gasteiger partial charge on any atom is -0.494 e. The van der Waals surface area contributed by atoms with Crippen molar-refractivity contribution in [2.45, 2.75) is 51.7 Å². The molecule has 7 heteroatoms. The van der Waals surface area contributed by atoms with Crippen molar-refractivity contribution in [2.24, 2.45) is 0 Å². The van der Waals surface area contributed by atoms with Gasteiger partial charge in [0.25, 0.3) is 0 Å². The quantitative estimate of drug-likeness (QED) is 0.281. The van der Waals surface area contributed by atoms with Crippen LogP contribution in [0.15, 0.2) is 78.9 Å². The summed E-state index contributed by atoms with van der Waals surface area (Å²) < 4.78 is 5.76. The first-order valence-corrected chi connectivity index (χ1v) is 12.8. The van der Waals surface area contributed by atoms with E-state index < -0.39 is 6.04 Å². The zero-order valence-corrected chi connectivity index (χ0v) is 22.1. The molecule has 3 rings (SSSR count). The molecule has 0 bridgehead atoms. The van der Waals surface area contributed by atoms with E-state index in [2.05, 4.69) is 5.32 Å². The van der Waals surface area contributed by atoms with Gasteiger partial charge in [0.2, 0.25) is 11.8 Å². The van der Waals surface area contributed by atoms with Gasteiger partial charge in [0, 0.05) is 41.0 Å². The van der Waals surface area contributed by atoms with E-state index in [4.69, 9.17) is 27.9 Å². The maximum absolute atomic E-state index is 13.6. The first kappa shape index (κ1) is 27.6. The number of benzene rings is 3. The van der Waals surface area contributed by atoms with Crippen LogP contribution in [-0.4, -0.2) is 35.4 Å². The summed E-state index contributed by atoms with van der Waals surface area (Å²) in [6, 6.07) is 23.6. The van der Waals surface area contributed by atoms with Crippen LogP contribution in [-0.2, 0) is 22.6 Å². The van der Waals surface area contributed by atoms with Crippen LogP contribution < -0.4 is 10.1 Å². The highest BCUT2D eigenvalue weighted by molar-refractivity contribution is 6.36. The first-order chi connectivity index (χ1) is 17.3. The molecule has 0 aliphatic heterocycles. The van der Waals surface area contributed by atoms with Gasteiger partial charge in [-0.05, 0) is 50.1 Å². The summed E-state index contributed by atoms with van der Waals surface area (Å²) in [5.41, 5.74) is 1.57. The van der Waals surface area contributed by atoms with Crippen molar-refractivity contribution in [3.63, 3.8) is 0 Å². The third-order valence-electron chi connectivity index (χ3n) is 5.64. The minimum atomic E-state index is -0.732. The lowest BCUT2D eigenvalue weighted by Crippen LogP contribution is -2.51. The third kappa shape index (κ3) is 8.28. The lowest BCUT2D eigenvalue weighted by atomic mass is 10.0. The molecule has 190 valence electrons. The summed E-state index contributed by atoms with van der Waals surface area (Å²) >= 11 is 12.9. The van der Waals surface area contributed by atoms with Crippen LogP contribution in [0.4, 0.5) is 0 Å². The molecule has 0 aliphatic rings. The molecular formula is C29H32Cl2N2O3. The number of hydrogen-bond donors (Lipinski definition) is 1. The van der Waals surface area contributed by atoms with Gasteiger partial charge in [-0.2, -0.15) is 0 Å². The maximum Gasteiger partial charge on any atom is 0.243 e. The van der Waals surface area contributed by atoms with Gasteiger partial charge >= 0.3 is 0 Å². The Morgan fingerprint density at radius 2 is 1.50 bits per heavy atom. The Labute approximate surface area is 223 Å².